The van der Waals surface area contributed by atoms with Crippen LogP contribution in [0.3, 0.4) is 0 Å². The van der Waals surface area contributed by atoms with Gasteiger partial charge in [-0.3, -0.25) is 0 Å². The number of allylic oxidation sites excluding steroid dienone is 2. The quantitative estimate of drug-likeness (QED) is 0.304. The molecule has 188 valence electrons. The van der Waals surface area contributed by atoms with Crippen molar-refractivity contribution in [3.8, 4) is 0 Å². The molecule has 2 aliphatic rings. The predicted molar refractivity (Wildman–Crippen MR) is 130 cm³/mol. The largest absolute Gasteiger partial charge is 0.464 e. The van der Waals surface area contributed by atoms with Crippen molar-refractivity contribution in [2.24, 2.45) is 11.8 Å². The molecule has 0 amide bonds. The zero-order valence-electron chi connectivity index (χ0n) is 20.9. The Morgan fingerprint density at radius 2 is 1.50 bits per heavy atom. The second-order valence-corrected chi connectivity index (χ2v) is 9.23. The first-order valence-electron chi connectivity index (χ1n) is 12.9. The molecule has 2 fully saturated rings. The summed E-state index contributed by atoms with van der Waals surface area (Å²) in [5.41, 5.74) is 1.98. The van der Waals surface area contributed by atoms with Gasteiger partial charge in [0.2, 0.25) is 0 Å². The standard InChI is InChI=1S/C28H40O6/c1-4-9-20-12-14-21(15-13-20)10-7-8-11-22-16-18-23(19-17-22)28-33-24(26(29)31-5-2)25(34-28)27(30)32-6-3/h7,10,16-21,24-25,28H,4-6,8-9,11-15H2,1-3H3/b10-7+/t20?,21?,24-,25-/m1/s1. The molecule has 1 aromatic carbocycles. The maximum atomic E-state index is 12.3. The van der Waals surface area contributed by atoms with E-state index in [1.807, 2.05) is 24.3 Å². The Kier molecular flexibility index (Phi) is 10.6. The fraction of sp³-hybridized carbons (Fsp3) is 0.643. The van der Waals surface area contributed by atoms with Crippen molar-refractivity contribution in [3.05, 3.63) is 47.5 Å². The maximum Gasteiger partial charge on any atom is 0.338 e. The van der Waals surface area contributed by atoms with Gasteiger partial charge in [-0.15, -0.1) is 0 Å². The molecule has 0 radical (unpaired) electrons. The highest BCUT2D eigenvalue weighted by Crippen LogP contribution is 2.34. The maximum absolute atomic E-state index is 12.3. The molecule has 2 atom stereocenters. The molecule has 3 rings (SSSR count). The third-order valence-corrected chi connectivity index (χ3v) is 6.70. The summed E-state index contributed by atoms with van der Waals surface area (Å²) in [5, 5.41) is 0. The van der Waals surface area contributed by atoms with E-state index in [0.29, 0.717) is 0 Å². The molecule has 34 heavy (non-hydrogen) atoms. The van der Waals surface area contributed by atoms with Crippen molar-refractivity contribution in [2.75, 3.05) is 13.2 Å². The number of benzene rings is 1. The number of carbonyl (C=O) groups excluding carboxylic acids is 2. The second-order valence-electron chi connectivity index (χ2n) is 9.23. The molecule has 1 aliphatic carbocycles. The highest BCUT2D eigenvalue weighted by atomic mass is 16.8. The fourth-order valence-corrected chi connectivity index (χ4v) is 4.86. The number of hydrogen-bond donors (Lipinski definition) is 0. The number of ether oxygens (including phenoxy) is 4. The molecule has 6 nitrogen and oxygen atoms in total. The monoisotopic (exact) mass is 472 g/mol. The SMILES string of the molecule is CCCC1CCC(/C=C/CCc2ccc(C3O[C@@H](C(=O)OCC)[C@H](C(=O)OCC)O3)cc2)CC1. The predicted octanol–water partition coefficient (Wildman–Crippen LogP) is 5.69. The van der Waals surface area contributed by atoms with Crippen LogP contribution in [0.5, 0.6) is 0 Å². The first-order chi connectivity index (χ1) is 16.5. The van der Waals surface area contributed by atoms with Crippen molar-refractivity contribution in [1.82, 2.24) is 0 Å². The molecule has 0 spiro atoms. The van der Waals surface area contributed by atoms with E-state index in [1.165, 1.54) is 44.1 Å². The molecule has 1 saturated heterocycles. The smallest absolute Gasteiger partial charge is 0.338 e. The van der Waals surface area contributed by atoms with E-state index in [9.17, 15) is 9.59 Å². The zero-order valence-corrected chi connectivity index (χ0v) is 20.9. The number of aryl methyl sites for hydroxylation is 1. The molecule has 0 bridgehead atoms. The van der Waals surface area contributed by atoms with E-state index < -0.39 is 30.4 Å². The topological polar surface area (TPSA) is 71.1 Å². The van der Waals surface area contributed by atoms with Gasteiger partial charge in [0.25, 0.3) is 0 Å². The summed E-state index contributed by atoms with van der Waals surface area (Å²) in [6.07, 6.45) is 11.7. The lowest BCUT2D eigenvalue weighted by molar-refractivity contribution is -0.163. The van der Waals surface area contributed by atoms with Crippen LogP contribution in [0.2, 0.25) is 0 Å². The zero-order chi connectivity index (χ0) is 24.3. The molecule has 0 N–H and O–H groups in total. The van der Waals surface area contributed by atoms with Crippen LogP contribution in [0.1, 0.15) is 83.1 Å². The number of rotatable bonds is 11. The van der Waals surface area contributed by atoms with Crippen molar-refractivity contribution >= 4 is 11.9 Å². The van der Waals surface area contributed by atoms with Gasteiger partial charge in [-0.25, -0.2) is 9.59 Å². The number of carbonyl (C=O) groups is 2. The summed E-state index contributed by atoms with van der Waals surface area (Å²) in [7, 11) is 0. The van der Waals surface area contributed by atoms with Gasteiger partial charge in [0.1, 0.15) is 0 Å². The molecule has 1 heterocycles. The van der Waals surface area contributed by atoms with Gasteiger partial charge in [-0.1, -0.05) is 56.2 Å². The van der Waals surface area contributed by atoms with Gasteiger partial charge in [0, 0.05) is 5.56 Å². The summed E-state index contributed by atoms with van der Waals surface area (Å²) < 4.78 is 21.6. The lowest BCUT2D eigenvalue weighted by Gasteiger charge is -2.26. The molecular weight excluding hydrogens is 432 g/mol. The second kappa shape index (κ2) is 13.6. The molecule has 6 heteroatoms. The van der Waals surface area contributed by atoms with Crippen LogP contribution in [0.15, 0.2) is 36.4 Å². The van der Waals surface area contributed by atoms with Gasteiger partial charge in [0.15, 0.2) is 18.5 Å². The molecule has 1 aromatic rings. The Morgan fingerprint density at radius 1 is 0.912 bits per heavy atom. The minimum atomic E-state index is -1.13. The van der Waals surface area contributed by atoms with E-state index in [-0.39, 0.29) is 13.2 Å². The van der Waals surface area contributed by atoms with Crippen LogP contribution in [0.25, 0.3) is 0 Å². The average Bonchev–Trinajstić information content (AvgIpc) is 3.30. The van der Waals surface area contributed by atoms with Gasteiger partial charge in [-0.05, 0) is 69.8 Å². The van der Waals surface area contributed by atoms with Crippen molar-refractivity contribution < 1.29 is 28.5 Å². The molecular formula is C28H40O6. The van der Waals surface area contributed by atoms with Gasteiger partial charge in [0.05, 0.1) is 13.2 Å². The van der Waals surface area contributed by atoms with Crippen LogP contribution in [0, 0.1) is 11.8 Å². The van der Waals surface area contributed by atoms with Crippen LogP contribution in [0.4, 0.5) is 0 Å². The number of esters is 2. The Hall–Kier alpha value is -2.18. The first kappa shape index (κ1) is 26.4. The summed E-state index contributed by atoms with van der Waals surface area (Å²) >= 11 is 0. The average molecular weight is 473 g/mol. The third kappa shape index (κ3) is 7.41. The minimum absolute atomic E-state index is 0.197. The van der Waals surface area contributed by atoms with Crippen LogP contribution < -0.4 is 0 Å². The third-order valence-electron chi connectivity index (χ3n) is 6.70. The van der Waals surface area contributed by atoms with E-state index >= 15 is 0 Å². The molecule has 0 aromatic heterocycles. The Labute approximate surface area is 204 Å². The van der Waals surface area contributed by atoms with Crippen LogP contribution in [-0.2, 0) is 35.0 Å². The minimum Gasteiger partial charge on any atom is -0.464 e. The Balaban J connectivity index is 1.49. The van der Waals surface area contributed by atoms with E-state index in [4.69, 9.17) is 18.9 Å². The van der Waals surface area contributed by atoms with Crippen LogP contribution >= 0.6 is 0 Å². The van der Waals surface area contributed by atoms with Gasteiger partial charge < -0.3 is 18.9 Å². The summed E-state index contributed by atoms with van der Waals surface area (Å²) in [5.74, 6) is 0.448. The van der Waals surface area contributed by atoms with Gasteiger partial charge >= 0.3 is 11.9 Å². The van der Waals surface area contributed by atoms with E-state index in [1.54, 1.807) is 13.8 Å². The summed E-state index contributed by atoms with van der Waals surface area (Å²) in [6.45, 7) is 6.09. The highest BCUT2D eigenvalue weighted by Gasteiger charge is 2.47. The fourth-order valence-electron chi connectivity index (χ4n) is 4.86. The molecule has 1 aliphatic heterocycles. The molecule has 0 unspecified atom stereocenters. The summed E-state index contributed by atoms with van der Waals surface area (Å²) in [6, 6.07) is 7.94. The van der Waals surface area contributed by atoms with E-state index in [2.05, 4.69) is 19.1 Å². The van der Waals surface area contributed by atoms with Crippen LogP contribution in [-0.4, -0.2) is 37.4 Å². The highest BCUT2D eigenvalue weighted by molar-refractivity contribution is 5.86. The van der Waals surface area contributed by atoms with Gasteiger partial charge in [-0.2, -0.15) is 0 Å². The Bertz CT molecular complexity index is 768. The molecule has 1 saturated carbocycles. The first-order valence-corrected chi connectivity index (χ1v) is 12.9. The van der Waals surface area contributed by atoms with Crippen molar-refractivity contribution in [3.63, 3.8) is 0 Å². The number of hydrogen-bond acceptors (Lipinski definition) is 6. The lowest BCUT2D eigenvalue weighted by Crippen LogP contribution is -2.39. The lowest BCUT2D eigenvalue weighted by atomic mass is 9.80. The normalized spacial score (nSPS) is 25.5. The van der Waals surface area contributed by atoms with Crippen molar-refractivity contribution in [1.29, 1.82) is 0 Å². The van der Waals surface area contributed by atoms with E-state index in [0.717, 1.165) is 30.2 Å². The van der Waals surface area contributed by atoms with Crippen molar-refractivity contribution in [2.45, 2.75) is 90.6 Å². The summed E-state index contributed by atoms with van der Waals surface area (Å²) in [4.78, 5) is 24.5. The Morgan fingerprint density at radius 3 is 2.03 bits per heavy atom.